The number of aryl methyl sites for hydroxylation is 1. The van der Waals surface area contributed by atoms with Gasteiger partial charge >= 0.3 is 0 Å². The van der Waals surface area contributed by atoms with Crippen molar-refractivity contribution in [2.24, 2.45) is 7.05 Å². The molecule has 1 N–H and O–H groups in total. The molecule has 0 spiro atoms. The van der Waals surface area contributed by atoms with E-state index in [1.165, 1.54) is 0 Å². The number of halogens is 1. The summed E-state index contributed by atoms with van der Waals surface area (Å²) in [6.45, 7) is 2.90. The number of imidazole rings is 1. The number of hydrogen-bond donors (Lipinski definition) is 1. The van der Waals surface area contributed by atoms with Crippen LogP contribution in [-0.2, 0) is 7.05 Å². The van der Waals surface area contributed by atoms with Crippen LogP contribution in [0, 0.1) is 0 Å². The Morgan fingerprint density at radius 3 is 2.95 bits per heavy atom. The number of furan rings is 1. The fourth-order valence-electron chi connectivity index (χ4n) is 2.31. The van der Waals surface area contributed by atoms with Crippen LogP contribution in [0.4, 0.5) is 0 Å². The third-order valence-electron chi connectivity index (χ3n) is 3.21. The zero-order valence-corrected chi connectivity index (χ0v) is 12.2. The molecule has 0 bridgehead atoms. The molecule has 1 unspecified atom stereocenters. The Kier molecular flexibility index (Phi) is 3.51. The third kappa shape index (κ3) is 2.44. The van der Waals surface area contributed by atoms with Crippen LogP contribution in [0.1, 0.15) is 24.4 Å². The minimum Gasteiger partial charge on any atom is -0.459 e. The first-order chi connectivity index (χ1) is 9.67. The van der Waals surface area contributed by atoms with E-state index in [9.17, 15) is 0 Å². The van der Waals surface area contributed by atoms with Gasteiger partial charge in [0.1, 0.15) is 17.4 Å². The lowest BCUT2D eigenvalue weighted by molar-refractivity contribution is 0.472. The van der Waals surface area contributed by atoms with Gasteiger partial charge in [0.25, 0.3) is 0 Å². The van der Waals surface area contributed by atoms with E-state index in [0.29, 0.717) is 5.02 Å². The molecular formula is C15H16ClN3O. The van der Waals surface area contributed by atoms with Crippen LogP contribution >= 0.6 is 11.6 Å². The van der Waals surface area contributed by atoms with Crippen molar-refractivity contribution in [2.45, 2.75) is 13.0 Å². The molecule has 0 amide bonds. The molecule has 20 heavy (non-hydrogen) atoms. The summed E-state index contributed by atoms with van der Waals surface area (Å²) in [6, 6.07) is 7.60. The molecule has 5 heteroatoms. The average molecular weight is 290 g/mol. The molecule has 0 fully saturated rings. The molecule has 1 atom stereocenters. The molecule has 2 heterocycles. The summed E-state index contributed by atoms with van der Waals surface area (Å²) in [7, 11) is 1.96. The smallest absolute Gasteiger partial charge is 0.134 e. The number of nitrogens with zero attached hydrogens (tertiary/aromatic N) is 2. The van der Waals surface area contributed by atoms with Crippen LogP contribution in [-0.4, -0.2) is 16.1 Å². The summed E-state index contributed by atoms with van der Waals surface area (Å²) in [5.74, 6) is 0.850. The van der Waals surface area contributed by atoms with Crippen molar-refractivity contribution < 1.29 is 4.42 Å². The second-order valence-electron chi connectivity index (χ2n) is 4.79. The Bertz CT molecular complexity index is 732. The lowest BCUT2D eigenvalue weighted by Crippen LogP contribution is -2.21. The first-order valence-corrected chi connectivity index (χ1v) is 6.95. The predicted molar refractivity (Wildman–Crippen MR) is 80.0 cm³/mol. The summed E-state index contributed by atoms with van der Waals surface area (Å²) in [5.41, 5.74) is 1.78. The van der Waals surface area contributed by atoms with E-state index in [-0.39, 0.29) is 6.04 Å². The largest absolute Gasteiger partial charge is 0.459 e. The van der Waals surface area contributed by atoms with Crippen molar-refractivity contribution in [1.82, 2.24) is 14.9 Å². The predicted octanol–water partition coefficient (Wildman–Crippen LogP) is 3.52. The maximum atomic E-state index is 6.02. The van der Waals surface area contributed by atoms with E-state index in [0.717, 1.165) is 29.0 Å². The number of hydrogen-bond acceptors (Lipinski definition) is 3. The summed E-state index contributed by atoms with van der Waals surface area (Å²) in [6.07, 6.45) is 3.78. The highest BCUT2D eigenvalue weighted by Gasteiger charge is 2.19. The van der Waals surface area contributed by atoms with Gasteiger partial charge in [0.05, 0.1) is 12.0 Å². The Hall–Kier alpha value is -1.78. The summed E-state index contributed by atoms with van der Waals surface area (Å²) < 4.78 is 7.86. The van der Waals surface area contributed by atoms with Gasteiger partial charge in [-0.05, 0) is 30.8 Å². The quantitative estimate of drug-likeness (QED) is 0.799. The standard InChI is InChI=1S/C15H16ClN3O/c1-3-17-15(12-8-19(2)9-18-12)14-7-10-6-11(16)4-5-13(10)20-14/h4-9,15,17H,3H2,1-2H3. The molecule has 0 aliphatic heterocycles. The summed E-state index contributed by atoms with van der Waals surface area (Å²) in [5, 5.41) is 5.12. The highest BCUT2D eigenvalue weighted by Crippen LogP contribution is 2.29. The number of nitrogens with one attached hydrogen (secondary N) is 1. The molecule has 0 aliphatic rings. The second-order valence-corrected chi connectivity index (χ2v) is 5.22. The minimum absolute atomic E-state index is 0.0487. The number of aromatic nitrogens is 2. The van der Waals surface area contributed by atoms with Crippen LogP contribution in [0.15, 0.2) is 41.2 Å². The van der Waals surface area contributed by atoms with Gasteiger partial charge < -0.3 is 14.3 Å². The van der Waals surface area contributed by atoms with E-state index < -0.39 is 0 Å². The van der Waals surface area contributed by atoms with Crippen molar-refractivity contribution >= 4 is 22.6 Å². The topological polar surface area (TPSA) is 43.0 Å². The van der Waals surface area contributed by atoms with E-state index in [1.54, 1.807) is 6.33 Å². The second kappa shape index (κ2) is 5.31. The molecule has 2 aromatic heterocycles. The molecule has 104 valence electrons. The Balaban J connectivity index is 2.04. The van der Waals surface area contributed by atoms with E-state index >= 15 is 0 Å². The van der Waals surface area contributed by atoms with Gasteiger partial charge in [-0.1, -0.05) is 18.5 Å². The molecule has 0 radical (unpaired) electrons. The highest BCUT2D eigenvalue weighted by atomic mass is 35.5. The van der Waals surface area contributed by atoms with Crippen LogP contribution in [0.3, 0.4) is 0 Å². The summed E-state index contributed by atoms with van der Waals surface area (Å²) >= 11 is 6.02. The van der Waals surface area contributed by atoms with Gasteiger partial charge in [-0.3, -0.25) is 0 Å². The van der Waals surface area contributed by atoms with Crippen molar-refractivity contribution in [3.8, 4) is 0 Å². The summed E-state index contributed by atoms with van der Waals surface area (Å²) in [4.78, 5) is 4.41. The number of benzene rings is 1. The van der Waals surface area contributed by atoms with Gasteiger partial charge in [-0.2, -0.15) is 0 Å². The first kappa shape index (κ1) is 13.2. The zero-order chi connectivity index (χ0) is 14.1. The molecule has 0 saturated carbocycles. The molecule has 0 saturated heterocycles. The number of fused-ring (bicyclic) bond motifs is 1. The van der Waals surface area contributed by atoms with Gasteiger partial charge in [0.15, 0.2) is 0 Å². The lowest BCUT2D eigenvalue weighted by Gasteiger charge is -2.12. The maximum Gasteiger partial charge on any atom is 0.134 e. The fraction of sp³-hybridized carbons (Fsp3) is 0.267. The molecule has 4 nitrogen and oxygen atoms in total. The Morgan fingerprint density at radius 2 is 2.25 bits per heavy atom. The number of rotatable bonds is 4. The van der Waals surface area contributed by atoms with Crippen molar-refractivity contribution in [3.05, 3.63) is 53.3 Å². The van der Waals surface area contributed by atoms with Crippen LogP contribution in [0.2, 0.25) is 5.02 Å². The third-order valence-corrected chi connectivity index (χ3v) is 3.45. The van der Waals surface area contributed by atoms with Gasteiger partial charge in [-0.25, -0.2) is 4.98 Å². The van der Waals surface area contributed by atoms with Crippen molar-refractivity contribution in [3.63, 3.8) is 0 Å². The van der Waals surface area contributed by atoms with Gasteiger partial charge in [0.2, 0.25) is 0 Å². The van der Waals surface area contributed by atoms with Crippen LogP contribution < -0.4 is 5.32 Å². The molecule has 3 rings (SSSR count). The van der Waals surface area contributed by atoms with E-state index in [2.05, 4.69) is 17.2 Å². The Morgan fingerprint density at radius 1 is 1.40 bits per heavy atom. The van der Waals surface area contributed by atoms with E-state index in [1.807, 2.05) is 42.1 Å². The van der Waals surface area contributed by atoms with Gasteiger partial charge in [-0.15, -0.1) is 0 Å². The van der Waals surface area contributed by atoms with Crippen molar-refractivity contribution in [1.29, 1.82) is 0 Å². The molecule has 3 aromatic rings. The minimum atomic E-state index is -0.0487. The molecular weight excluding hydrogens is 274 g/mol. The first-order valence-electron chi connectivity index (χ1n) is 6.57. The molecule has 1 aromatic carbocycles. The fourth-order valence-corrected chi connectivity index (χ4v) is 2.49. The monoisotopic (exact) mass is 289 g/mol. The Labute approximate surface area is 122 Å². The lowest BCUT2D eigenvalue weighted by atomic mass is 10.1. The van der Waals surface area contributed by atoms with Crippen molar-refractivity contribution in [2.75, 3.05) is 6.54 Å². The molecule has 0 aliphatic carbocycles. The van der Waals surface area contributed by atoms with Crippen LogP contribution in [0.25, 0.3) is 11.0 Å². The van der Waals surface area contributed by atoms with Crippen LogP contribution in [0.5, 0.6) is 0 Å². The van der Waals surface area contributed by atoms with Gasteiger partial charge in [0, 0.05) is 23.7 Å². The maximum absolute atomic E-state index is 6.02. The SMILES string of the molecule is CCNC(c1cn(C)cn1)c1cc2cc(Cl)ccc2o1. The normalized spacial score (nSPS) is 12.9. The zero-order valence-electron chi connectivity index (χ0n) is 11.4. The van der Waals surface area contributed by atoms with E-state index in [4.69, 9.17) is 16.0 Å². The average Bonchev–Trinajstić information content (AvgIpc) is 3.01. The highest BCUT2D eigenvalue weighted by molar-refractivity contribution is 6.31.